The number of rotatable bonds is 3. The molecule has 17 heavy (non-hydrogen) atoms. The fraction of sp³-hybridized carbons (Fsp3) is 0.467. The number of nitrogens with one attached hydrogen (secondary N) is 1. The van der Waals surface area contributed by atoms with Crippen molar-refractivity contribution in [3.63, 3.8) is 0 Å². The van der Waals surface area contributed by atoms with E-state index in [1.807, 2.05) is 0 Å². The molecule has 3 N–H and O–H groups in total. The Balaban J connectivity index is 1.74. The molecule has 1 aromatic heterocycles. The van der Waals surface area contributed by atoms with Crippen molar-refractivity contribution in [1.82, 2.24) is 4.98 Å². The molecule has 2 nitrogen and oxygen atoms in total. The maximum absolute atomic E-state index is 6.09. The quantitative estimate of drug-likeness (QED) is 0.833. The standard InChI is InChI=1S/C15H20N2/c1-15(2)12(14(15)16)8-7-10-9-17-13-6-4-3-5-11(10)13/h3-6,9,12,14,17H,7-8,16H2,1-2H3/t12-,14-/m1/s1. The first-order chi connectivity index (χ1) is 8.10. The summed E-state index contributed by atoms with van der Waals surface area (Å²) in [6, 6.07) is 8.90. The van der Waals surface area contributed by atoms with Gasteiger partial charge >= 0.3 is 0 Å². The molecule has 2 aromatic rings. The molecule has 1 heterocycles. The minimum Gasteiger partial charge on any atom is -0.361 e. The minimum atomic E-state index is 0.353. The highest BCUT2D eigenvalue weighted by molar-refractivity contribution is 5.83. The van der Waals surface area contributed by atoms with E-state index in [0.29, 0.717) is 17.4 Å². The van der Waals surface area contributed by atoms with Crippen LogP contribution in [0.15, 0.2) is 30.5 Å². The Bertz CT molecular complexity index is 539. The van der Waals surface area contributed by atoms with Crippen LogP contribution in [0.1, 0.15) is 25.8 Å². The number of hydrogen-bond donors (Lipinski definition) is 2. The van der Waals surface area contributed by atoms with Crippen molar-refractivity contribution in [3.8, 4) is 0 Å². The van der Waals surface area contributed by atoms with Gasteiger partial charge in [-0.25, -0.2) is 0 Å². The molecule has 1 aromatic carbocycles. The summed E-state index contributed by atoms with van der Waals surface area (Å²) in [6.07, 6.45) is 4.48. The third-order valence-electron chi connectivity index (χ3n) is 4.54. The monoisotopic (exact) mass is 228 g/mol. The lowest BCUT2D eigenvalue weighted by atomic mass is 10.0. The Labute approximate surface area is 102 Å². The van der Waals surface area contributed by atoms with Gasteiger partial charge in [0.05, 0.1) is 0 Å². The highest BCUT2D eigenvalue weighted by Crippen LogP contribution is 2.52. The summed E-state index contributed by atoms with van der Waals surface area (Å²) in [6.45, 7) is 4.55. The van der Waals surface area contributed by atoms with Crippen LogP contribution in [-0.2, 0) is 6.42 Å². The normalized spacial score (nSPS) is 26.3. The number of fused-ring (bicyclic) bond motifs is 1. The van der Waals surface area contributed by atoms with Crippen molar-refractivity contribution in [2.24, 2.45) is 17.1 Å². The Morgan fingerprint density at radius 1 is 1.29 bits per heavy atom. The molecule has 2 atom stereocenters. The summed E-state index contributed by atoms with van der Waals surface area (Å²) in [5.41, 5.74) is 9.11. The molecule has 0 bridgehead atoms. The maximum atomic E-state index is 6.09. The zero-order valence-corrected chi connectivity index (χ0v) is 10.5. The van der Waals surface area contributed by atoms with Crippen LogP contribution in [0.5, 0.6) is 0 Å². The van der Waals surface area contributed by atoms with Gasteiger partial charge in [-0.05, 0) is 35.8 Å². The molecule has 3 rings (SSSR count). The summed E-state index contributed by atoms with van der Waals surface area (Å²) in [5, 5.41) is 1.36. The van der Waals surface area contributed by atoms with Gasteiger partial charge in [-0.1, -0.05) is 32.0 Å². The molecule has 1 aliphatic carbocycles. The van der Waals surface area contributed by atoms with E-state index in [0.717, 1.165) is 6.42 Å². The van der Waals surface area contributed by atoms with E-state index in [1.165, 1.54) is 22.9 Å². The summed E-state index contributed by atoms with van der Waals surface area (Å²) in [4.78, 5) is 3.33. The molecule has 1 saturated carbocycles. The first kappa shape index (κ1) is 10.8. The molecule has 2 heteroatoms. The number of aromatic nitrogens is 1. The van der Waals surface area contributed by atoms with Crippen LogP contribution >= 0.6 is 0 Å². The first-order valence-electron chi connectivity index (χ1n) is 6.41. The molecular formula is C15H20N2. The van der Waals surface area contributed by atoms with E-state index >= 15 is 0 Å². The third kappa shape index (κ3) is 1.67. The van der Waals surface area contributed by atoms with Crippen LogP contribution in [0.25, 0.3) is 10.9 Å². The third-order valence-corrected chi connectivity index (χ3v) is 4.54. The number of H-pyrrole nitrogens is 1. The van der Waals surface area contributed by atoms with Crippen LogP contribution in [-0.4, -0.2) is 11.0 Å². The number of benzene rings is 1. The van der Waals surface area contributed by atoms with Gasteiger partial charge in [0.25, 0.3) is 0 Å². The highest BCUT2D eigenvalue weighted by atomic mass is 14.8. The van der Waals surface area contributed by atoms with Gasteiger partial charge in [0.1, 0.15) is 0 Å². The van der Waals surface area contributed by atoms with Crippen LogP contribution in [0.4, 0.5) is 0 Å². The second kappa shape index (κ2) is 3.61. The van der Waals surface area contributed by atoms with Crippen LogP contribution in [0.3, 0.4) is 0 Å². The van der Waals surface area contributed by atoms with E-state index in [1.54, 1.807) is 0 Å². The lowest BCUT2D eigenvalue weighted by molar-refractivity contribution is 0.530. The van der Waals surface area contributed by atoms with Crippen molar-refractivity contribution >= 4 is 10.9 Å². The SMILES string of the molecule is CC1(C)[C@H](N)[C@H]1CCc1c[nH]c2ccccc12. The van der Waals surface area contributed by atoms with E-state index in [9.17, 15) is 0 Å². The zero-order valence-electron chi connectivity index (χ0n) is 10.5. The van der Waals surface area contributed by atoms with E-state index in [-0.39, 0.29) is 0 Å². The van der Waals surface area contributed by atoms with Gasteiger partial charge in [-0.15, -0.1) is 0 Å². The number of hydrogen-bond acceptors (Lipinski definition) is 1. The summed E-state index contributed by atoms with van der Waals surface area (Å²) < 4.78 is 0. The molecule has 0 spiro atoms. The number of aryl methyl sites for hydroxylation is 1. The van der Waals surface area contributed by atoms with Crippen molar-refractivity contribution in [2.45, 2.75) is 32.7 Å². The average Bonchev–Trinajstić information content (AvgIpc) is 2.67. The van der Waals surface area contributed by atoms with Crippen molar-refractivity contribution in [3.05, 3.63) is 36.0 Å². The summed E-state index contributed by atoms with van der Waals surface area (Å²) >= 11 is 0. The predicted molar refractivity (Wildman–Crippen MR) is 71.9 cm³/mol. The van der Waals surface area contributed by atoms with Gasteiger partial charge in [-0.2, -0.15) is 0 Å². The smallest absolute Gasteiger partial charge is 0.0456 e. The lowest BCUT2D eigenvalue weighted by Gasteiger charge is -2.01. The van der Waals surface area contributed by atoms with Crippen LogP contribution in [0.2, 0.25) is 0 Å². The number of nitrogens with two attached hydrogens (primary N) is 1. The predicted octanol–water partition coefficient (Wildman–Crippen LogP) is 3.08. The average molecular weight is 228 g/mol. The Morgan fingerprint density at radius 3 is 2.71 bits per heavy atom. The first-order valence-corrected chi connectivity index (χ1v) is 6.41. The summed E-state index contributed by atoms with van der Waals surface area (Å²) in [7, 11) is 0. The number of aromatic amines is 1. The van der Waals surface area contributed by atoms with Crippen molar-refractivity contribution in [1.29, 1.82) is 0 Å². The molecule has 0 aliphatic heterocycles. The van der Waals surface area contributed by atoms with E-state index in [4.69, 9.17) is 5.73 Å². The van der Waals surface area contributed by atoms with E-state index in [2.05, 4.69) is 49.3 Å². The van der Waals surface area contributed by atoms with Crippen LogP contribution in [0, 0.1) is 11.3 Å². The topological polar surface area (TPSA) is 41.8 Å². The molecule has 0 saturated heterocycles. The van der Waals surface area contributed by atoms with E-state index < -0.39 is 0 Å². The molecule has 0 unspecified atom stereocenters. The molecule has 1 fully saturated rings. The van der Waals surface area contributed by atoms with Crippen molar-refractivity contribution < 1.29 is 0 Å². The summed E-state index contributed by atoms with van der Waals surface area (Å²) in [5.74, 6) is 0.691. The van der Waals surface area contributed by atoms with Gasteiger partial charge in [0.15, 0.2) is 0 Å². The molecule has 0 radical (unpaired) electrons. The second-order valence-electron chi connectivity index (χ2n) is 5.85. The second-order valence-corrected chi connectivity index (χ2v) is 5.85. The van der Waals surface area contributed by atoms with Gasteiger partial charge < -0.3 is 10.7 Å². The fourth-order valence-corrected chi connectivity index (χ4v) is 2.99. The Kier molecular flexibility index (Phi) is 2.30. The van der Waals surface area contributed by atoms with Gasteiger partial charge in [0, 0.05) is 23.1 Å². The van der Waals surface area contributed by atoms with Crippen molar-refractivity contribution in [2.75, 3.05) is 0 Å². The Morgan fingerprint density at radius 2 is 2.00 bits per heavy atom. The minimum absolute atomic E-state index is 0.353. The largest absolute Gasteiger partial charge is 0.361 e. The maximum Gasteiger partial charge on any atom is 0.0456 e. The van der Waals surface area contributed by atoms with Gasteiger partial charge in [0.2, 0.25) is 0 Å². The molecular weight excluding hydrogens is 208 g/mol. The lowest BCUT2D eigenvalue weighted by Crippen LogP contribution is -2.06. The highest BCUT2D eigenvalue weighted by Gasteiger charge is 2.54. The van der Waals surface area contributed by atoms with Crippen LogP contribution < -0.4 is 5.73 Å². The molecule has 1 aliphatic rings. The fourth-order valence-electron chi connectivity index (χ4n) is 2.99. The number of para-hydroxylation sites is 1. The van der Waals surface area contributed by atoms with Gasteiger partial charge in [-0.3, -0.25) is 0 Å². The Hall–Kier alpha value is -1.28. The molecule has 90 valence electrons. The molecule has 0 amide bonds. The zero-order chi connectivity index (χ0) is 12.0.